The maximum atomic E-state index is 13.2. The molecule has 4 aliphatic carbocycles. The lowest BCUT2D eigenvalue weighted by Gasteiger charge is -2.53. The van der Waals surface area contributed by atoms with Crippen molar-refractivity contribution in [3.8, 4) is 0 Å². The van der Waals surface area contributed by atoms with E-state index in [2.05, 4.69) is 32.9 Å². The van der Waals surface area contributed by atoms with Crippen molar-refractivity contribution >= 4 is 11.6 Å². The van der Waals surface area contributed by atoms with Gasteiger partial charge in [-0.15, -0.1) is 0 Å². The van der Waals surface area contributed by atoms with Crippen LogP contribution in [-0.4, -0.2) is 41.3 Å². The Morgan fingerprint density at radius 1 is 1.33 bits per heavy atom. The van der Waals surface area contributed by atoms with Crippen LogP contribution >= 0.6 is 0 Å². The first kappa shape index (κ1) is 20.3. The Balaban J connectivity index is 1.57. The lowest BCUT2D eigenvalue weighted by atomic mass is 9.51. The van der Waals surface area contributed by atoms with E-state index in [9.17, 15) is 14.7 Å². The number of hydrogen-bond donors (Lipinski definition) is 1. The minimum atomic E-state index is -1.07. The van der Waals surface area contributed by atoms with Gasteiger partial charge >= 0.3 is 0 Å². The molecule has 0 aromatic rings. The quantitative estimate of drug-likeness (QED) is 0.714. The van der Waals surface area contributed by atoms with E-state index in [1.165, 1.54) is 11.1 Å². The Bertz CT molecular complexity index is 884. The molecule has 1 heterocycles. The van der Waals surface area contributed by atoms with Crippen molar-refractivity contribution in [1.82, 2.24) is 0 Å². The van der Waals surface area contributed by atoms with Crippen molar-refractivity contribution in [3.05, 3.63) is 35.5 Å². The molecule has 30 heavy (non-hydrogen) atoms. The topological polar surface area (TPSA) is 72.8 Å². The third kappa shape index (κ3) is 2.40. The summed E-state index contributed by atoms with van der Waals surface area (Å²) in [6.45, 7) is 5.96. The van der Waals surface area contributed by atoms with E-state index < -0.39 is 17.6 Å². The van der Waals surface area contributed by atoms with Crippen LogP contribution in [0.3, 0.4) is 0 Å². The summed E-state index contributed by atoms with van der Waals surface area (Å²) in [6, 6.07) is 0. The predicted octanol–water partition coefficient (Wildman–Crippen LogP) is 3.67. The molecule has 5 rings (SSSR count). The number of fused-ring (bicyclic) bond motifs is 7. The van der Waals surface area contributed by atoms with E-state index in [0.717, 1.165) is 38.5 Å². The third-order valence-electron chi connectivity index (χ3n) is 8.82. The molecule has 0 radical (unpaired) electrons. The van der Waals surface area contributed by atoms with E-state index in [1.54, 1.807) is 6.08 Å². The van der Waals surface area contributed by atoms with E-state index in [4.69, 9.17) is 9.47 Å². The van der Waals surface area contributed by atoms with Crippen LogP contribution in [0, 0.1) is 22.7 Å². The number of carbonyl (C=O) groups excluding carboxylic acids is 2. The van der Waals surface area contributed by atoms with Gasteiger partial charge in [0.2, 0.25) is 0 Å². The molecular formula is C25H32O5. The zero-order valence-electron chi connectivity index (χ0n) is 18.1. The van der Waals surface area contributed by atoms with Gasteiger partial charge in [0.1, 0.15) is 6.61 Å². The molecule has 2 saturated carbocycles. The first-order valence-electron chi connectivity index (χ1n) is 11.4. The van der Waals surface area contributed by atoms with Gasteiger partial charge in [-0.3, -0.25) is 9.59 Å². The summed E-state index contributed by atoms with van der Waals surface area (Å²) in [5.74, 6) is 0.423. The first-order valence-corrected chi connectivity index (χ1v) is 11.4. The van der Waals surface area contributed by atoms with E-state index in [0.29, 0.717) is 5.92 Å². The molecule has 162 valence electrons. The molecule has 3 fully saturated rings. The summed E-state index contributed by atoms with van der Waals surface area (Å²) < 4.78 is 12.7. The van der Waals surface area contributed by atoms with Crippen LogP contribution in [0.25, 0.3) is 0 Å². The van der Waals surface area contributed by atoms with Gasteiger partial charge in [0, 0.05) is 10.8 Å². The monoisotopic (exact) mass is 412 g/mol. The van der Waals surface area contributed by atoms with Gasteiger partial charge < -0.3 is 14.6 Å². The molecule has 0 aromatic carbocycles. The van der Waals surface area contributed by atoms with Gasteiger partial charge in [0.05, 0.1) is 6.10 Å². The highest BCUT2D eigenvalue weighted by Gasteiger charge is 2.73. The average Bonchev–Trinajstić information content (AvgIpc) is 3.20. The number of aliphatic hydroxyl groups is 1. The van der Waals surface area contributed by atoms with Gasteiger partial charge in [-0.25, -0.2) is 0 Å². The molecule has 5 nitrogen and oxygen atoms in total. The summed E-state index contributed by atoms with van der Waals surface area (Å²) in [5, 5.41) is 9.86. The van der Waals surface area contributed by atoms with Crippen LogP contribution in [0.2, 0.25) is 0 Å². The lowest BCUT2D eigenvalue weighted by molar-refractivity contribution is -0.175. The molecule has 0 aromatic heterocycles. The fraction of sp³-hybridized carbons (Fsp3) is 0.680. The normalized spacial score (nSPS) is 46.5. The second kappa shape index (κ2) is 6.72. The SMILES string of the molecule is CCCC1OC2CC3C4CCC5=CC(=O)C=C[C@]5(C)C4=CC[C@]3(C)C2(C(=O)CO)O1. The molecule has 0 amide bonds. The Morgan fingerprint density at radius 3 is 2.87 bits per heavy atom. The molecule has 0 bridgehead atoms. The maximum Gasteiger partial charge on any atom is 0.193 e. The van der Waals surface area contributed by atoms with Crippen LogP contribution < -0.4 is 0 Å². The third-order valence-corrected chi connectivity index (χ3v) is 8.82. The van der Waals surface area contributed by atoms with Crippen molar-refractivity contribution < 1.29 is 24.2 Å². The number of rotatable bonds is 4. The molecule has 5 unspecified atom stereocenters. The van der Waals surface area contributed by atoms with Gasteiger partial charge in [-0.2, -0.15) is 0 Å². The van der Waals surface area contributed by atoms with Crippen molar-refractivity contribution in [3.63, 3.8) is 0 Å². The van der Waals surface area contributed by atoms with Crippen molar-refractivity contribution in [2.45, 2.75) is 77.3 Å². The Morgan fingerprint density at radius 2 is 2.13 bits per heavy atom. The number of aliphatic hydroxyl groups excluding tert-OH is 1. The van der Waals surface area contributed by atoms with Gasteiger partial charge in [0.15, 0.2) is 23.5 Å². The van der Waals surface area contributed by atoms with Crippen LogP contribution in [0.5, 0.6) is 0 Å². The molecule has 7 atom stereocenters. The second-order valence-corrected chi connectivity index (χ2v) is 10.2. The molecule has 0 spiro atoms. The fourth-order valence-electron chi connectivity index (χ4n) is 7.33. The lowest BCUT2D eigenvalue weighted by Crippen LogP contribution is -2.59. The molecule has 1 saturated heterocycles. The first-order chi connectivity index (χ1) is 14.3. The van der Waals surface area contributed by atoms with Gasteiger partial charge in [0.25, 0.3) is 0 Å². The van der Waals surface area contributed by atoms with E-state index in [1.807, 2.05) is 6.08 Å². The largest absolute Gasteiger partial charge is 0.388 e. The Kier molecular flexibility index (Phi) is 4.56. The summed E-state index contributed by atoms with van der Waals surface area (Å²) in [7, 11) is 0. The Labute approximate surface area is 178 Å². The molecule has 1 aliphatic heterocycles. The van der Waals surface area contributed by atoms with Crippen molar-refractivity contribution in [1.29, 1.82) is 0 Å². The van der Waals surface area contributed by atoms with Gasteiger partial charge in [-0.1, -0.05) is 43.6 Å². The second-order valence-electron chi connectivity index (χ2n) is 10.2. The number of ether oxygens (including phenoxy) is 2. The molecule has 5 aliphatic rings. The smallest absolute Gasteiger partial charge is 0.193 e. The minimum Gasteiger partial charge on any atom is -0.388 e. The fourth-order valence-corrected chi connectivity index (χ4v) is 7.33. The van der Waals surface area contributed by atoms with Crippen LogP contribution in [0.4, 0.5) is 0 Å². The number of hydrogen-bond acceptors (Lipinski definition) is 5. The molecule has 5 heteroatoms. The zero-order valence-corrected chi connectivity index (χ0v) is 18.1. The molecular weight excluding hydrogens is 380 g/mol. The van der Waals surface area contributed by atoms with Crippen molar-refractivity contribution in [2.24, 2.45) is 22.7 Å². The highest BCUT2D eigenvalue weighted by Crippen LogP contribution is 2.68. The number of Topliss-reactive ketones (excluding diaryl/α,β-unsaturated/α-hetero) is 1. The average molecular weight is 413 g/mol. The zero-order chi connectivity index (χ0) is 21.3. The van der Waals surface area contributed by atoms with Crippen LogP contribution in [0.1, 0.15) is 59.3 Å². The maximum absolute atomic E-state index is 13.2. The molecule has 1 N–H and O–H groups in total. The van der Waals surface area contributed by atoms with Crippen molar-refractivity contribution in [2.75, 3.05) is 6.61 Å². The van der Waals surface area contributed by atoms with Crippen LogP contribution in [-0.2, 0) is 19.1 Å². The highest BCUT2D eigenvalue weighted by molar-refractivity contribution is 6.01. The summed E-state index contributed by atoms with van der Waals surface area (Å²) >= 11 is 0. The van der Waals surface area contributed by atoms with Gasteiger partial charge in [-0.05, 0) is 63.0 Å². The highest BCUT2D eigenvalue weighted by atomic mass is 16.7. The standard InChI is InChI=1S/C25H32O5/c1-4-5-22-29-21-13-19-17-7-6-15-12-16(27)8-10-23(15,2)18(17)9-11-24(19,3)25(21,30-22)20(28)14-26/h8-10,12,17,19,21-22,26H,4-7,11,13-14H2,1-3H3/t17?,19?,21?,22?,23-,24-,25?/m0/s1. The Hall–Kier alpha value is -1.56. The number of carbonyl (C=O) groups is 2. The number of allylic oxidation sites excluding steroid dienone is 6. The predicted molar refractivity (Wildman–Crippen MR) is 111 cm³/mol. The van der Waals surface area contributed by atoms with E-state index >= 15 is 0 Å². The van der Waals surface area contributed by atoms with Crippen LogP contribution in [0.15, 0.2) is 35.5 Å². The summed E-state index contributed by atoms with van der Waals surface area (Å²) in [6.07, 6.45) is 12.3. The summed E-state index contributed by atoms with van der Waals surface area (Å²) in [5.41, 5.74) is 0.902. The minimum absolute atomic E-state index is 0.0776. The summed E-state index contributed by atoms with van der Waals surface area (Å²) in [4.78, 5) is 25.1. The number of ketones is 2. The van der Waals surface area contributed by atoms with E-state index in [-0.39, 0.29) is 35.3 Å².